The Bertz CT molecular complexity index is 457. The Kier molecular flexibility index (Phi) is 3.83. The summed E-state index contributed by atoms with van der Waals surface area (Å²) in [6.07, 6.45) is 1.67. The molecule has 0 N–H and O–H groups in total. The maximum absolute atomic E-state index is 5.82. The molecule has 1 aromatic carbocycles. The van der Waals surface area contributed by atoms with Crippen LogP contribution in [0.3, 0.4) is 0 Å². The minimum atomic E-state index is 0.359. The SMILES string of the molecule is COc1ccccc1Oc1ncccc1CCl. The van der Waals surface area contributed by atoms with Crippen LogP contribution in [0.1, 0.15) is 5.56 Å². The fourth-order valence-electron chi connectivity index (χ4n) is 1.42. The molecule has 0 aliphatic rings. The van der Waals surface area contributed by atoms with Gasteiger partial charge in [0.2, 0.25) is 5.88 Å². The molecule has 0 atom stereocenters. The topological polar surface area (TPSA) is 31.4 Å². The van der Waals surface area contributed by atoms with Gasteiger partial charge < -0.3 is 9.47 Å². The van der Waals surface area contributed by atoms with Crippen LogP contribution in [-0.2, 0) is 5.88 Å². The van der Waals surface area contributed by atoms with Crippen LogP contribution >= 0.6 is 11.6 Å². The third-order valence-electron chi connectivity index (χ3n) is 2.27. The van der Waals surface area contributed by atoms with E-state index in [0.717, 1.165) is 5.56 Å². The molecule has 0 spiro atoms. The van der Waals surface area contributed by atoms with Gasteiger partial charge in [-0.1, -0.05) is 18.2 Å². The summed E-state index contributed by atoms with van der Waals surface area (Å²) in [5, 5.41) is 0. The average Bonchev–Trinajstić information content (AvgIpc) is 2.40. The van der Waals surface area contributed by atoms with Gasteiger partial charge in [-0.25, -0.2) is 4.98 Å². The van der Waals surface area contributed by atoms with Gasteiger partial charge >= 0.3 is 0 Å². The Morgan fingerprint density at radius 3 is 2.59 bits per heavy atom. The predicted molar refractivity (Wildman–Crippen MR) is 66.9 cm³/mol. The third kappa shape index (κ3) is 2.68. The van der Waals surface area contributed by atoms with Crippen LogP contribution in [0.2, 0.25) is 0 Å². The number of nitrogens with zero attached hydrogens (tertiary/aromatic N) is 1. The molecular weight excluding hydrogens is 238 g/mol. The summed E-state index contributed by atoms with van der Waals surface area (Å²) < 4.78 is 10.9. The molecule has 2 aromatic rings. The number of rotatable bonds is 4. The second-order valence-corrected chi connectivity index (χ2v) is 3.62. The van der Waals surface area contributed by atoms with E-state index in [-0.39, 0.29) is 0 Å². The molecule has 4 heteroatoms. The Hall–Kier alpha value is -1.74. The zero-order valence-electron chi connectivity index (χ0n) is 9.39. The second-order valence-electron chi connectivity index (χ2n) is 3.35. The predicted octanol–water partition coefficient (Wildman–Crippen LogP) is 3.62. The zero-order valence-corrected chi connectivity index (χ0v) is 10.1. The molecule has 0 amide bonds. The van der Waals surface area contributed by atoms with Crippen LogP contribution in [0.25, 0.3) is 0 Å². The summed E-state index contributed by atoms with van der Waals surface area (Å²) in [7, 11) is 1.60. The highest BCUT2D eigenvalue weighted by atomic mass is 35.5. The number of methoxy groups -OCH3 is 1. The van der Waals surface area contributed by atoms with Crippen molar-refractivity contribution >= 4 is 11.6 Å². The first kappa shape index (κ1) is 11.7. The minimum Gasteiger partial charge on any atom is -0.493 e. The lowest BCUT2D eigenvalue weighted by molar-refractivity contribution is 0.373. The summed E-state index contributed by atoms with van der Waals surface area (Å²) in [4.78, 5) is 4.16. The maximum atomic E-state index is 5.82. The van der Waals surface area contributed by atoms with Gasteiger partial charge in [0.25, 0.3) is 0 Å². The van der Waals surface area contributed by atoms with Crippen molar-refractivity contribution in [3.05, 3.63) is 48.2 Å². The number of hydrogen-bond donors (Lipinski definition) is 0. The largest absolute Gasteiger partial charge is 0.493 e. The molecular formula is C13H12ClNO2. The lowest BCUT2D eigenvalue weighted by atomic mass is 10.3. The van der Waals surface area contributed by atoms with Gasteiger partial charge in [-0.3, -0.25) is 0 Å². The number of halogens is 1. The first-order valence-electron chi connectivity index (χ1n) is 5.16. The number of para-hydroxylation sites is 2. The van der Waals surface area contributed by atoms with Gasteiger partial charge in [-0.15, -0.1) is 11.6 Å². The summed E-state index contributed by atoms with van der Waals surface area (Å²) >= 11 is 5.82. The molecule has 0 saturated carbocycles. The molecule has 1 aromatic heterocycles. The van der Waals surface area contributed by atoms with Crippen LogP contribution in [-0.4, -0.2) is 12.1 Å². The van der Waals surface area contributed by atoms with Gasteiger partial charge in [0.05, 0.1) is 13.0 Å². The summed E-state index contributed by atoms with van der Waals surface area (Å²) in [5.41, 5.74) is 0.847. The van der Waals surface area contributed by atoms with E-state index in [1.54, 1.807) is 13.3 Å². The number of pyridine rings is 1. The Morgan fingerprint density at radius 1 is 1.12 bits per heavy atom. The molecule has 0 radical (unpaired) electrons. The van der Waals surface area contributed by atoms with E-state index in [4.69, 9.17) is 21.1 Å². The second kappa shape index (κ2) is 5.55. The van der Waals surface area contributed by atoms with Gasteiger partial charge in [-0.05, 0) is 18.2 Å². The van der Waals surface area contributed by atoms with E-state index in [1.165, 1.54) is 0 Å². The molecule has 0 saturated heterocycles. The normalized spacial score (nSPS) is 10.0. The summed E-state index contributed by atoms with van der Waals surface area (Å²) in [5.74, 6) is 2.16. The zero-order chi connectivity index (χ0) is 12.1. The van der Waals surface area contributed by atoms with Crippen molar-refractivity contribution in [2.24, 2.45) is 0 Å². The Morgan fingerprint density at radius 2 is 1.88 bits per heavy atom. The fraction of sp³-hybridized carbons (Fsp3) is 0.154. The Balaban J connectivity index is 2.31. The van der Waals surface area contributed by atoms with E-state index in [0.29, 0.717) is 23.3 Å². The van der Waals surface area contributed by atoms with Gasteiger partial charge in [0, 0.05) is 11.8 Å². The van der Waals surface area contributed by atoms with Crippen LogP contribution in [0.15, 0.2) is 42.6 Å². The molecule has 88 valence electrons. The van der Waals surface area contributed by atoms with Crippen LogP contribution in [0.4, 0.5) is 0 Å². The van der Waals surface area contributed by atoms with E-state index in [2.05, 4.69) is 4.98 Å². The van der Waals surface area contributed by atoms with E-state index in [9.17, 15) is 0 Å². The van der Waals surface area contributed by atoms with Crippen molar-refractivity contribution in [1.82, 2.24) is 4.98 Å². The highest BCUT2D eigenvalue weighted by Crippen LogP contribution is 2.31. The van der Waals surface area contributed by atoms with Crippen molar-refractivity contribution in [3.8, 4) is 17.4 Å². The third-order valence-corrected chi connectivity index (χ3v) is 2.56. The van der Waals surface area contributed by atoms with Crippen LogP contribution in [0.5, 0.6) is 17.4 Å². The molecule has 0 aliphatic carbocycles. The molecule has 0 fully saturated rings. The van der Waals surface area contributed by atoms with Gasteiger partial charge in [0.1, 0.15) is 0 Å². The first-order chi connectivity index (χ1) is 8.35. The fourth-order valence-corrected chi connectivity index (χ4v) is 1.63. The molecule has 0 bridgehead atoms. The number of aromatic nitrogens is 1. The highest BCUT2D eigenvalue weighted by Gasteiger charge is 2.08. The quantitative estimate of drug-likeness (QED) is 0.776. The van der Waals surface area contributed by atoms with E-state index >= 15 is 0 Å². The van der Waals surface area contributed by atoms with Crippen LogP contribution in [0, 0.1) is 0 Å². The smallest absolute Gasteiger partial charge is 0.223 e. The number of ether oxygens (including phenoxy) is 2. The van der Waals surface area contributed by atoms with Gasteiger partial charge in [-0.2, -0.15) is 0 Å². The molecule has 0 unspecified atom stereocenters. The molecule has 0 aliphatic heterocycles. The van der Waals surface area contributed by atoms with Gasteiger partial charge in [0.15, 0.2) is 11.5 Å². The molecule has 2 rings (SSSR count). The highest BCUT2D eigenvalue weighted by molar-refractivity contribution is 6.17. The standard InChI is InChI=1S/C13H12ClNO2/c1-16-11-6-2-3-7-12(11)17-13-10(9-14)5-4-8-15-13/h2-8H,9H2,1H3. The summed E-state index contributed by atoms with van der Waals surface area (Å²) in [6.45, 7) is 0. The Labute approximate surface area is 105 Å². The van der Waals surface area contributed by atoms with Crippen molar-refractivity contribution in [2.75, 3.05) is 7.11 Å². The summed E-state index contributed by atoms with van der Waals surface area (Å²) in [6, 6.07) is 11.1. The molecule has 1 heterocycles. The minimum absolute atomic E-state index is 0.359. The first-order valence-corrected chi connectivity index (χ1v) is 5.69. The number of alkyl halides is 1. The number of hydrogen-bond acceptors (Lipinski definition) is 3. The maximum Gasteiger partial charge on any atom is 0.223 e. The average molecular weight is 250 g/mol. The van der Waals surface area contributed by atoms with Crippen molar-refractivity contribution in [2.45, 2.75) is 5.88 Å². The van der Waals surface area contributed by atoms with Crippen molar-refractivity contribution in [3.63, 3.8) is 0 Å². The number of benzene rings is 1. The molecule has 17 heavy (non-hydrogen) atoms. The van der Waals surface area contributed by atoms with Crippen molar-refractivity contribution < 1.29 is 9.47 Å². The van der Waals surface area contributed by atoms with E-state index in [1.807, 2.05) is 36.4 Å². The van der Waals surface area contributed by atoms with Crippen molar-refractivity contribution in [1.29, 1.82) is 0 Å². The van der Waals surface area contributed by atoms with Crippen LogP contribution < -0.4 is 9.47 Å². The lowest BCUT2D eigenvalue weighted by Gasteiger charge is -2.10. The van der Waals surface area contributed by atoms with E-state index < -0.39 is 0 Å². The molecule has 3 nitrogen and oxygen atoms in total. The monoisotopic (exact) mass is 249 g/mol. The lowest BCUT2D eigenvalue weighted by Crippen LogP contribution is -1.94.